The summed E-state index contributed by atoms with van der Waals surface area (Å²) in [6.45, 7) is 11.0. The number of ether oxygens (including phenoxy) is 3. The van der Waals surface area contributed by atoms with E-state index in [1.807, 2.05) is 31.4 Å². The smallest absolute Gasteiger partial charge is 0.167 e. The second-order valence-electron chi connectivity index (χ2n) is 12.8. The SMILES string of the molecule is Cc1cc(N=C(N)CCC2CC(N(C[C@H]3O[C@@H](n4cnc5c(N)ncnc54)[C@@H]4OC(C)(C)O[C@@H]43)C(C)C)C2)c(N)cc1Cl. The van der Waals surface area contributed by atoms with Gasteiger partial charge in [0.15, 0.2) is 23.5 Å². The van der Waals surface area contributed by atoms with E-state index in [0.717, 1.165) is 37.8 Å². The standard InChI is InChI=1S/C30H42ClN9O3/c1-15(2)39(18-9-17(10-18)6-7-23(33)38-21-8-16(3)19(31)11-20(21)32)12-22-25-26(43-30(4,5)42-25)29(41-22)40-14-37-24-27(34)35-13-36-28(24)40/h8,11,13-15,17-18,22,25-26,29H,6-7,9-10,12,32H2,1-5H3,(H2,33,38)(H2,34,35,36)/t17?,18?,22-,25-,26-,29-/m1/s1. The van der Waals surface area contributed by atoms with Gasteiger partial charge in [-0.1, -0.05) is 11.6 Å². The van der Waals surface area contributed by atoms with Crippen LogP contribution in [-0.4, -0.2) is 73.0 Å². The molecule has 1 aliphatic carbocycles. The number of nitrogens with two attached hydrogens (primary N) is 3. The molecule has 6 rings (SSSR count). The molecule has 2 saturated heterocycles. The van der Waals surface area contributed by atoms with Crippen molar-refractivity contribution >= 4 is 45.8 Å². The highest BCUT2D eigenvalue weighted by molar-refractivity contribution is 6.31. The third-order valence-electron chi connectivity index (χ3n) is 8.90. The Hall–Kier alpha value is -3.03. The van der Waals surface area contributed by atoms with Gasteiger partial charge in [-0.2, -0.15) is 0 Å². The van der Waals surface area contributed by atoms with E-state index in [-0.39, 0.29) is 18.3 Å². The van der Waals surface area contributed by atoms with E-state index in [1.54, 1.807) is 12.4 Å². The van der Waals surface area contributed by atoms with Crippen LogP contribution in [0.4, 0.5) is 17.2 Å². The summed E-state index contributed by atoms with van der Waals surface area (Å²) >= 11 is 6.16. The minimum Gasteiger partial charge on any atom is -0.397 e. The Morgan fingerprint density at radius 3 is 2.65 bits per heavy atom. The molecule has 4 heterocycles. The number of fused-ring (bicyclic) bond motifs is 2. The minimum atomic E-state index is -0.721. The molecular weight excluding hydrogens is 570 g/mol. The molecule has 12 nitrogen and oxygen atoms in total. The Morgan fingerprint density at radius 1 is 1.16 bits per heavy atom. The second-order valence-corrected chi connectivity index (χ2v) is 13.2. The van der Waals surface area contributed by atoms with Crippen molar-refractivity contribution < 1.29 is 14.2 Å². The zero-order valence-corrected chi connectivity index (χ0v) is 26.2. The molecule has 2 aliphatic heterocycles. The topological polar surface area (TPSA) is 165 Å². The van der Waals surface area contributed by atoms with Gasteiger partial charge in [-0.25, -0.2) is 19.9 Å². The lowest BCUT2D eigenvalue weighted by atomic mass is 9.76. The second kappa shape index (κ2) is 11.5. The van der Waals surface area contributed by atoms with Gasteiger partial charge in [-0.15, -0.1) is 0 Å². The lowest BCUT2D eigenvalue weighted by Crippen LogP contribution is -2.52. The molecule has 0 unspecified atom stereocenters. The van der Waals surface area contributed by atoms with Crippen molar-refractivity contribution in [3.63, 3.8) is 0 Å². The number of nitrogen functional groups attached to an aromatic ring is 2. The summed E-state index contributed by atoms with van der Waals surface area (Å²) in [5.74, 6) is 0.790. The van der Waals surface area contributed by atoms with Gasteiger partial charge in [-0.3, -0.25) is 9.47 Å². The Morgan fingerprint density at radius 2 is 1.91 bits per heavy atom. The number of aliphatic imine (C=N–C) groups is 1. The summed E-state index contributed by atoms with van der Waals surface area (Å²) in [5, 5.41) is 0.630. The predicted molar refractivity (Wildman–Crippen MR) is 167 cm³/mol. The highest BCUT2D eigenvalue weighted by Crippen LogP contribution is 2.45. The molecule has 3 aromatic rings. The van der Waals surface area contributed by atoms with Crippen LogP contribution in [-0.2, 0) is 14.2 Å². The van der Waals surface area contributed by atoms with Crippen molar-refractivity contribution in [3.8, 4) is 0 Å². The highest BCUT2D eigenvalue weighted by atomic mass is 35.5. The summed E-state index contributed by atoms with van der Waals surface area (Å²) < 4.78 is 21.3. The van der Waals surface area contributed by atoms with Gasteiger partial charge in [0.05, 0.1) is 23.5 Å². The van der Waals surface area contributed by atoms with Gasteiger partial charge in [0.2, 0.25) is 0 Å². The number of anilines is 2. The average molecular weight is 612 g/mol. The predicted octanol–water partition coefficient (Wildman–Crippen LogP) is 4.33. The van der Waals surface area contributed by atoms with Gasteiger partial charge >= 0.3 is 0 Å². The largest absolute Gasteiger partial charge is 0.397 e. The summed E-state index contributed by atoms with van der Waals surface area (Å²) in [5.41, 5.74) is 21.7. The van der Waals surface area contributed by atoms with E-state index in [2.05, 4.69) is 38.7 Å². The number of hydrogen-bond donors (Lipinski definition) is 3. The molecular formula is C30H42ClN9O3. The number of aryl methyl sites for hydroxylation is 1. The van der Waals surface area contributed by atoms with Crippen LogP contribution in [0.25, 0.3) is 11.2 Å². The van der Waals surface area contributed by atoms with Crippen molar-refractivity contribution in [3.05, 3.63) is 35.4 Å². The van der Waals surface area contributed by atoms with Crippen molar-refractivity contribution in [1.29, 1.82) is 0 Å². The molecule has 232 valence electrons. The first-order valence-corrected chi connectivity index (χ1v) is 15.4. The zero-order chi connectivity index (χ0) is 30.6. The normalized spacial score (nSPS) is 28.6. The Labute approximate surface area is 256 Å². The van der Waals surface area contributed by atoms with Crippen LogP contribution in [0.1, 0.15) is 65.2 Å². The van der Waals surface area contributed by atoms with Crippen LogP contribution in [0, 0.1) is 12.8 Å². The molecule has 3 fully saturated rings. The molecule has 4 atom stereocenters. The number of imidazole rings is 1. The first-order chi connectivity index (χ1) is 20.4. The highest BCUT2D eigenvalue weighted by Gasteiger charge is 2.56. The fraction of sp³-hybridized carbons (Fsp3) is 0.600. The number of hydrogen-bond acceptors (Lipinski definition) is 10. The van der Waals surface area contributed by atoms with Crippen LogP contribution in [0.15, 0.2) is 29.8 Å². The molecule has 6 N–H and O–H groups in total. The molecule has 1 saturated carbocycles. The number of aromatic nitrogens is 4. The van der Waals surface area contributed by atoms with E-state index in [1.165, 1.54) is 6.33 Å². The van der Waals surface area contributed by atoms with E-state index in [9.17, 15) is 0 Å². The minimum absolute atomic E-state index is 0.189. The molecule has 0 radical (unpaired) electrons. The van der Waals surface area contributed by atoms with Crippen molar-refractivity contribution in [1.82, 2.24) is 24.4 Å². The average Bonchev–Trinajstić information content (AvgIpc) is 3.57. The molecule has 43 heavy (non-hydrogen) atoms. The monoisotopic (exact) mass is 611 g/mol. The number of rotatable bonds is 9. The third-order valence-corrected chi connectivity index (χ3v) is 9.31. The van der Waals surface area contributed by atoms with Crippen molar-refractivity contribution in [2.45, 2.75) is 103 Å². The maximum atomic E-state index is 6.68. The fourth-order valence-electron chi connectivity index (χ4n) is 6.62. The van der Waals surface area contributed by atoms with Crippen molar-refractivity contribution in [2.24, 2.45) is 16.6 Å². The van der Waals surface area contributed by atoms with Crippen LogP contribution < -0.4 is 17.2 Å². The maximum Gasteiger partial charge on any atom is 0.167 e. The van der Waals surface area contributed by atoms with E-state index >= 15 is 0 Å². The molecule has 2 aromatic heterocycles. The summed E-state index contributed by atoms with van der Waals surface area (Å²) in [7, 11) is 0. The first kappa shape index (κ1) is 30.0. The molecule has 0 spiro atoms. The number of benzene rings is 1. The molecule has 0 bridgehead atoms. The van der Waals surface area contributed by atoms with Gasteiger partial charge in [0.25, 0.3) is 0 Å². The quantitative estimate of drug-likeness (QED) is 0.180. The molecule has 0 amide bonds. The van der Waals surface area contributed by atoms with Gasteiger partial charge in [0, 0.05) is 30.1 Å². The Balaban J connectivity index is 1.10. The third kappa shape index (κ3) is 5.91. The Bertz CT molecular complexity index is 1520. The van der Waals surface area contributed by atoms with E-state index < -0.39 is 12.0 Å². The fourth-order valence-corrected chi connectivity index (χ4v) is 6.80. The van der Waals surface area contributed by atoms with E-state index in [0.29, 0.717) is 57.2 Å². The van der Waals surface area contributed by atoms with Gasteiger partial charge < -0.3 is 31.4 Å². The summed E-state index contributed by atoms with van der Waals surface area (Å²) in [6.07, 6.45) is 5.88. The number of halogens is 1. The van der Waals surface area contributed by atoms with Crippen LogP contribution in [0.2, 0.25) is 5.02 Å². The Kier molecular flexibility index (Phi) is 8.01. The van der Waals surface area contributed by atoms with Crippen molar-refractivity contribution in [2.75, 3.05) is 18.0 Å². The zero-order valence-electron chi connectivity index (χ0n) is 25.4. The van der Waals surface area contributed by atoms with Crippen LogP contribution in [0.5, 0.6) is 0 Å². The first-order valence-electron chi connectivity index (χ1n) is 15.0. The van der Waals surface area contributed by atoms with Gasteiger partial charge in [-0.05, 0) is 77.5 Å². The van der Waals surface area contributed by atoms with Gasteiger partial charge in [0.1, 0.15) is 30.2 Å². The molecule has 1 aromatic carbocycles. The maximum absolute atomic E-state index is 6.68. The van der Waals surface area contributed by atoms with E-state index in [4.69, 9.17) is 43.0 Å². The lowest BCUT2D eigenvalue weighted by molar-refractivity contribution is -0.199. The van der Waals surface area contributed by atoms with Crippen LogP contribution >= 0.6 is 11.6 Å². The van der Waals surface area contributed by atoms with Crippen LogP contribution in [0.3, 0.4) is 0 Å². The summed E-state index contributed by atoms with van der Waals surface area (Å²) in [4.78, 5) is 20.1. The lowest BCUT2D eigenvalue weighted by Gasteiger charge is -2.46. The summed E-state index contributed by atoms with van der Waals surface area (Å²) in [6, 6.07) is 4.40. The molecule has 13 heteroatoms. The molecule has 3 aliphatic rings. The number of nitrogens with zero attached hydrogens (tertiary/aromatic N) is 6. The number of amidine groups is 1.